The van der Waals surface area contributed by atoms with Gasteiger partial charge in [0.2, 0.25) is 0 Å². The molecule has 0 aliphatic heterocycles. The summed E-state index contributed by atoms with van der Waals surface area (Å²) >= 11 is 0. The molecule has 0 N–H and O–H groups in total. The molecule has 0 saturated carbocycles. The number of nitrogens with zero attached hydrogens (tertiary/aromatic N) is 1. The van der Waals surface area contributed by atoms with Gasteiger partial charge in [-0.15, -0.1) is 0 Å². The Labute approximate surface area is 276 Å². The SMILES string of the molecule is c1ccc(-n2c3ccc(-c4ccc5oc6ccccc6c5c4)cc3c3cc(-c4ccc5c6c(cccc46)-c4ccccc4-5)ccc32)cc1. The quantitative estimate of drug-likeness (QED) is 0.195. The van der Waals surface area contributed by atoms with E-state index in [1.165, 1.54) is 77.1 Å². The molecule has 1 aliphatic carbocycles. The number of hydrogen-bond acceptors (Lipinski definition) is 1. The van der Waals surface area contributed by atoms with Crippen LogP contribution in [0.25, 0.3) is 105 Å². The number of rotatable bonds is 3. The molecule has 0 amide bonds. The topological polar surface area (TPSA) is 18.1 Å². The maximum atomic E-state index is 6.14. The van der Waals surface area contributed by atoms with Gasteiger partial charge in [0, 0.05) is 27.2 Å². The van der Waals surface area contributed by atoms with Gasteiger partial charge >= 0.3 is 0 Å². The van der Waals surface area contributed by atoms with Gasteiger partial charge in [0.05, 0.1) is 11.0 Å². The Morgan fingerprint density at radius 2 is 0.896 bits per heavy atom. The van der Waals surface area contributed by atoms with E-state index in [1.807, 2.05) is 12.1 Å². The molecule has 0 unspecified atom stereocenters. The molecular weight excluding hydrogens is 583 g/mol. The van der Waals surface area contributed by atoms with E-state index in [0.717, 1.165) is 27.6 Å². The highest BCUT2D eigenvalue weighted by molar-refractivity contribution is 6.19. The standard InChI is InChI=1S/C46H27NO/c1-2-9-31(10-3-1)47-42-22-17-28(29-19-24-45-41(26-29)35-13-6-7-16-44(35)48-45)25-39(42)40-27-30(18-23-43(40)47)32-20-21-38-34-12-5-4-11-33(34)37-15-8-14-36(32)46(37)38/h1-27H. The number of aromatic nitrogens is 1. The first-order valence-corrected chi connectivity index (χ1v) is 16.5. The number of hydrogen-bond donors (Lipinski definition) is 0. The van der Waals surface area contributed by atoms with Crippen LogP contribution in [0.5, 0.6) is 0 Å². The van der Waals surface area contributed by atoms with E-state index in [4.69, 9.17) is 4.42 Å². The Hall–Kier alpha value is -6.38. The predicted octanol–water partition coefficient (Wildman–Crippen LogP) is 12.8. The van der Waals surface area contributed by atoms with Crippen molar-refractivity contribution in [1.29, 1.82) is 0 Å². The summed E-state index contributed by atoms with van der Waals surface area (Å²) in [5, 5.41) is 7.43. The molecule has 8 aromatic carbocycles. The average Bonchev–Trinajstić information content (AvgIpc) is 3.80. The molecule has 0 spiro atoms. The molecule has 2 heteroatoms. The lowest BCUT2D eigenvalue weighted by Gasteiger charge is -2.11. The lowest BCUT2D eigenvalue weighted by atomic mass is 9.93. The Bertz CT molecular complexity index is 2910. The highest BCUT2D eigenvalue weighted by atomic mass is 16.3. The van der Waals surface area contributed by atoms with Crippen molar-refractivity contribution in [3.8, 4) is 50.2 Å². The monoisotopic (exact) mass is 609 g/mol. The maximum Gasteiger partial charge on any atom is 0.135 e. The lowest BCUT2D eigenvalue weighted by Crippen LogP contribution is -1.93. The summed E-state index contributed by atoms with van der Waals surface area (Å²) in [7, 11) is 0. The predicted molar refractivity (Wildman–Crippen MR) is 201 cm³/mol. The molecule has 10 aromatic rings. The smallest absolute Gasteiger partial charge is 0.135 e. The molecule has 2 heterocycles. The minimum atomic E-state index is 0.916. The second-order valence-corrected chi connectivity index (χ2v) is 12.9. The highest BCUT2D eigenvalue weighted by Gasteiger charge is 2.23. The van der Waals surface area contributed by atoms with Gasteiger partial charge in [-0.25, -0.2) is 0 Å². The van der Waals surface area contributed by atoms with Gasteiger partial charge in [-0.1, -0.05) is 109 Å². The van der Waals surface area contributed by atoms with Crippen molar-refractivity contribution in [3.05, 3.63) is 164 Å². The third-order valence-corrected chi connectivity index (χ3v) is 10.3. The average molecular weight is 610 g/mol. The fraction of sp³-hybridized carbons (Fsp3) is 0. The zero-order valence-corrected chi connectivity index (χ0v) is 25.9. The third kappa shape index (κ3) is 3.52. The van der Waals surface area contributed by atoms with Gasteiger partial charge in [-0.05, 0) is 110 Å². The first-order valence-electron chi connectivity index (χ1n) is 16.5. The molecule has 0 radical (unpaired) electrons. The lowest BCUT2D eigenvalue weighted by molar-refractivity contribution is 0.669. The molecule has 0 bridgehead atoms. The molecule has 2 aromatic heterocycles. The van der Waals surface area contributed by atoms with E-state index in [1.54, 1.807) is 0 Å². The van der Waals surface area contributed by atoms with Crippen LogP contribution in [-0.2, 0) is 0 Å². The number of para-hydroxylation sites is 2. The number of fused-ring (bicyclic) bond motifs is 9. The summed E-state index contributed by atoms with van der Waals surface area (Å²) in [5.41, 5.74) is 15.6. The first-order chi connectivity index (χ1) is 23.8. The van der Waals surface area contributed by atoms with E-state index in [9.17, 15) is 0 Å². The summed E-state index contributed by atoms with van der Waals surface area (Å²) in [5.74, 6) is 0. The Morgan fingerprint density at radius 3 is 1.71 bits per heavy atom. The van der Waals surface area contributed by atoms with Crippen LogP contribution < -0.4 is 0 Å². The molecule has 0 atom stereocenters. The van der Waals surface area contributed by atoms with Gasteiger partial charge in [0.15, 0.2) is 0 Å². The van der Waals surface area contributed by atoms with Crippen LogP contribution >= 0.6 is 0 Å². The minimum absolute atomic E-state index is 0.916. The summed E-state index contributed by atoms with van der Waals surface area (Å²) in [6, 6.07) is 59.6. The van der Waals surface area contributed by atoms with Crippen LogP contribution in [0.4, 0.5) is 0 Å². The van der Waals surface area contributed by atoms with Crippen molar-refractivity contribution in [2.75, 3.05) is 0 Å². The van der Waals surface area contributed by atoms with Crippen LogP contribution in [0.2, 0.25) is 0 Å². The maximum absolute atomic E-state index is 6.14. The molecule has 1 aliphatic rings. The fourth-order valence-corrected chi connectivity index (χ4v) is 8.19. The molecule has 222 valence electrons. The normalized spacial score (nSPS) is 12.2. The van der Waals surface area contributed by atoms with Crippen molar-refractivity contribution < 1.29 is 4.42 Å². The summed E-state index contributed by atoms with van der Waals surface area (Å²) in [4.78, 5) is 0. The van der Waals surface area contributed by atoms with Crippen molar-refractivity contribution in [2.45, 2.75) is 0 Å². The molecule has 0 saturated heterocycles. The number of furan rings is 1. The summed E-state index contributed by atoms with van der Waals surface area (Å²) in [6.07, 6.45) is 0. The van der Waals surface area contributed by atoms with Gasteiger partial charge < -0.3 is 8.98 Å². The second-order valence-electron chi connectivity index (χ2n) is 12.9. The Morgan fingerprint density at radius 1 is 0.333 bits per heavy atom. The summed E-state index contributed by atoms with van der Waals surface area (Å²) < 4.78 is 8.54. The third-order valence-electron chi connectivity index (χ3n) is 10.3. The van der Waals surface area contributed by atoms with Crippen LogP contribution in [-0.4, -0.2) is 4.57 Å². The van der Waals surface area contributed by atoms with E-state index in [2.05, 4.69) is 156 Å². The van der Waals surface area contributed by atoms with E-state index in [-0.39, 0.29) is 0 Å². The fourth-order valence-electron chi connectivity index (χ4n) is 8.19. The highest BCUT2D eigenvalue weighted by Crippen LogP contribution is 2.49. The molecule has 0 fully saturated rings. The van der Waals surface area contributed by atoms with E-state index in [0.29, 0.717) is 0 Å². The van der Waals surface area contributed by atoms with Crippen LogP contribution in [0.3, 0.4) is 0 Å². The van der Waals surface area contributed by atoms with Gasteiger partial charge in [0.1, 0.15) is 11.2 Å². The first kappa shape index (κ1) is 25.8. The van der Waals surface area contributed by atoms with E-state index < -0.39 is 0 Å². The van der Waals surface area contributed by atoms with Gasteiger partial charge in [-0.3, -0.25) is 0 Å². The van der Waals surface area contributed by atoms with Crippen molar-refractivity contribution >= 4 is 54.5 Å². The Balaban J connectivity index is 1.15. The van der Waals surface area contributed by atoms with Gasteiger partial charge in [-0.2, -0.15) is 0 Å². The Kier molecular flexibility index (Phi) is 5.14. The second kappa shape index (κ2) is 9.57. The van der Waals surface area contributed by atoms with Crippen LogP contribution in [0, 0.1) is 0 Å². The zero-order chi connectivity index (χ0) is 31.3. The summed E-state index contributed by atoms with van der Waals surface area (Å²) in [6.45, 7) is 0. The largest absolute Gasteiger partial charge is 0.456 e. The van der Waals surface area contributed by atoms with Crippen LogP contribution in [0.15, 0.2) is 168 Å². The van der Waals surface area contributed by atoms with Crippen molar-refractivity contribution in [3.63, 3.8) is 0 Å². The molecular formula is C46H27NO. The molecule has 11 rings (SSSR count). The van der Waals surface area contributed by atoms with Gasteiger partial charge in [0.25, 0.3) is 0 Å². The van der Waals surface area contributed by atoms with Crippen molar-refractivity contribution in [1.82, 2.24) is 4.57 Å². The molecule has 48 heavy (non-hydrogen) atoms. The molecule has 2 nitrogen and oxygen atoms in total. The number of benzene rings is 8. The van der Waals surface area contributed by atoms with Crippen molar-refractivity contribution in [2.24, 2.45) is 0 Å². The van der Waals surface area contributed by atoms with E-state index >= 15 is 0 Å². The minimum Gasteiger partial charge on any atom is -0.456 e. The van der Waals surface area contributed by atoms with Crippen LogP contribution in [0.1, 0.15) is 0 Å². The zero-order valence-electron chi connectivity index (χ0n) is 25.9.